The molecule has 96 valence electrons. The zero-order valence-corrected chi connectivity index (χ0v) is 9.80. The molecule has 0 bridgehead atoms. The van der Waals surface area contributed by atoms with Crippen molar-refractivity contribution in [3.63, 3.8) is 0 Å². The average Bonchev–Trinajstić information content (AvgIpc) is 2.33. The van der Waals surface area contributed by atoms with Gasteiger partial charge in [-0.05, 0) is 26.0 Å². The first kappa shape index (κ1) is 12.1. The Morgan fingerprint density at radius 3 is 1.88 bits per heavy atom. The van der Waals surface area contributed by atoms with Crippen LogP contribution in [0.1, 0.15) is 13.8 Å². The smallest absolute Gasteiger partial charge is 0.340 e. The first-order valence-corrected chi connectivity index (χ1v) is 5.38. The van der Waals surface area contributed by atoms with Crippen LogP contribution >= 0.6 is 0 Å². The van der Waals surface area contributed by atoms with Crippen molar-refractivity contribution in [1.29, 1.82) is 0 Å². The monoisotopic (exact) mass is 244 g/mol. The van der Waals surface area contributed by atoms with E-state index in [0.717, 1.165) is 0 Å². The van der Waals surface area contributed by atoms with Crippen LogP contribution in [0, 0.1) is 5.41 Å². The molecule has 0 atom stereocenters. The summed E-state index contributed by atoms with van der Waals surface area (Å²) in [5.41, 5.74) is -1.15. The summed E-state index contributed by atoms with van der Waals surface area (Å²) >= 11 is 0. The van der Waals surface area contributed by atoms with E-state index in [1.54, 1.807) is 19.9 Å². The summed E-state index contributed by atoms with van der Waals surface area (Å²) < 4.78 is 20.7. The highest BCUT2D eigenvalue weighted by molar-refractivity contribution is 5.00. The lowest BCUT2D eigenvalue weighted by Gasteiger charge is -2.47. The maximum atomic E-state index is 9.94. The van der Waals surface area contributed by atoms with Gasteiger partial charge in [-0.1, -0.05) is 0 Å². The van der Waals surface area contributed by atoms with E-state index >= 15 is 0 Å². The van der Waals surface area contributed by atoms with E-state index < -0.39 is 11.4 Å². The standard InChI is InChI=1S/C11H16O6/c1-3-8-14-5-10(6-15-8)7-16-9(4-2)17-11(10,12)13/h3-4,12-13H,5-7H2,1-2H3. The summed E-state index contributed by atoms with van der Waals surface area (Å²) in [4.78, 5) is 0. The van der Waals surface area contributed by atoms with Gasteiger partial charge in [-0.15, -0.1) is 0 Å². The van der Waals surface area contributed by atoms with Crippen molar-refractivity contribution < 1.29 is 29.2 Å². The van der Waals surface area contributed by atoms with Crippen LogP contribution in [-0.4, -0.2) is 36.0 Å². The van der Waals surface area contributed by atoms with Crippen molar-refractivity contribution in [3.8, 4) is 0 Å². The first-order valence-electron chi connectivity index (χ1n) is 5.38. The Bertz CT molecular complexity index is 339. The van der Waals surface area contributed by atoms with Gasteiger partial charge in [0.25, 0.3) is 11.9 Å². The second-order valence-corrected chi connectivity index (χ2v) is 4.07. The fraction of sp³-hybridized carbons (Fsp3) is 0.636. The molecular formula is C11H16O6. The predicted molar refractivity (Wildman–Crippen MR) is 56.1 cm³/mol. The average molecular weight is 244 g/mol. The van der Waals surface area contributed by atoms with E-state index in [-0.39, 0.29) is 25.8 Å². The molecule has 2 N–H and O–H groups in total. The fourth-order valence-electron chi connectivity index (χ4n) is 1.66. The molecule has 0 amide bonds. The maximum Gasteiger partial charge on any atom is 0.340 e. The van der Waals surface area contributed by atoms with Gasteiger partial charge in [-0.3, -0.25) is 0 Å². The molecule has 0 radical (unpaired) electrons. The Labute approximate surface area is 99.0 Å². The minimum Gasteiger partial charge on any atom is -0.464 e. The van der Waals surface area contributed by atoms with E-state index in [1.807, 2.05) is 0 Å². The normalized spacial score (nSPS) is 33.4. The Morgan fingerprint density at radius 1 is 0.941 bits per heavy atom. The van der Waals surface area contributed by atoms with E-state index in [0.29, 0.717) is 5.95 Å². The van der Waals surface area contributed by atoms with Gasteiger partial charge in [-0.25, -0.2) is 0 Å². The minimum atomic E-state index is -2.37. The molecule has 2 fully saturated rings. The fourth-order valence-corrected chi connectivity index (χ4v) is 1.66. The molecule has 0 aromatic heterocycles. The second-order valence-electron chi connectivity index (χ2n) is 4.07. The molecule has 0 saturated carbocycles. The van der Waals surface area contributed by atoms with Crippen LogP contribution in [0.25, 0.3) is 0 Å². The predicted octanol–water partition coefficient (Wildman–Crippen LogP) is 0.427. The number of allylic oxidation sites excluding steroid dienone is 2. The Kier molecular flexibility index (Phi) is 2.92. The molecular weight excluding hydrogens is 228 g/mol. The summed E-state index contributed by atoms with van der Waals surface area (Å²) in [7, 11) is 0. The third-order valence-corrected chi connectivity index (χ3v) is 2.88. The number of hydrogen-bond donors (Lipinski definition) is 2. The number of ether oxygens (including phenoxy) is 4. The minimum absolute atomic E-state index is 0.0522. The van der Waals surface area contributed by atoms with Gasteiger partial charge < -0.3 is 29.2 Å². The van der Waals surface area contributed by atoms with Gasteiger partial charge in [0.05, 0.1) is 0 Å². The lowest BCUT2D eigenvalue weighted by molar-refractivity contribution is -0.438. The molecule has 2 aliphatic rings. The number of rotatable bonds is 0. The van der Waals surface area contributed by atoms with Gasteiger partial charge in [0.2, 0.25) is 0 Å². The van der Waals surface area contributed by atoms with E-state index in [1.165, 1.54) is 6.08 Å². The highest BCUT2D eigenvalue weighted by atomic mass is 16.8. The zero-order valence-electron chi connectivity index (χ0n) is 9.80. The van der Waals surface area contributed by atoms with Crippen molar-refractivity contribution in [2.24, 2.45) is 5.41 Å². The van der Waals surface area contributed by atoms with Gasteiger partial charge in [-0.2, -0.15) is 0 Å². The van der Waals surface area contributed by atoms with Crippen molar-refractivity contribution >= 4 is 0 Å². The Hall–Kier alpha value is -1.40. The van der Waals surface area contributed by atoms with Gasteiger partial charge in [0.1, 0.15) is 19.8 Å². The SMILES string of the molecule is CC=C1OCC2(CO1)COC(=CC)OC2(O)O. The van der Waals surface area contributed by atoms with Crippen LogP contribution in [-0.2, 0) is 18.9 Å². The molecule has 17 heavy (non-hydrogen) atoms. The van der Waals surface area contributed by atoms with Crippen LogP contribution < -0.4 is 0 Å². The molecule has 2 heterocycles. The molecule has 2 aliphatic heterocycles. The van der Waals surface area contributed by atoms with Crippen molar-refractivity contribution in [2.75, 3.05) is 19.8 Å². The van der Waals surface area contributed by atoms with Crippen LogP contribution in [0.4, 0.5) is 0 Å². The maximum absolute atomic E-state index is 9.94. The summed E-state index contributed by atoms with van der Waals surface area (Å²) in [6.45, 7) is 3.60. The molecule has 0 aromatic rings. The van der Waals surface area contributed by atoms with Crippen LogP contribution in [0.3, 0.4) is 0 Å². The lowest BCUT2D eigenvalue weighted by atomic mass is 9.86. The van der Waals surface area contributed by atoms with E-state index in [4.69, 9.17) is 18.9 Å². The molecule has 2 rings (SSSR count). The van der Waals surface area contributed by atoms with Crippen LogP contribution in [0.15, 0.2) is 24.0 Å². The summed E-state index contributed by atoms with van der Waals surface area (Å²) in [6, 6.07) is 0. The highest BCUT2D eigenvalue weighted by Crippen LogP contribution is 2.41. The van der Waals surface area contributed by atoms with E-state index in [2.05, 4.69) is 0 Å². The van der Waals surface area contributed by atoms with Crippen LogP contribution in [0.2, 0.25) is 0 Å². The quantitative estimate of drug-likeness (QED) is 0.602. The molecule has 0 aliphatic carbocycles. The molecule has 2 saturated heterocycles. The largest absolute Gasteiger partial charge is 0.464 e. The molecule has 6 nitrogen and oxygen atoms in total. The Morgan fingerprint density at radius 2 is 1.41 bits per heavy atom. The third kappa shape index (κ3) is 1.94. The van der Waals surface area contributed by atoms with Gasteiger partial charge >= 0.3 is 5.97 Å². The molecule has 0 unspecified atom stereocenters. The van der Waals surface area contributed by atoms with Crippen molar-refractivity contribution in [3.05, 3.63) is 24.0 Å². The summed E-state index contributed by atoms with van der Waals surface area (Å²) in [5, 5.41) is 19.9. The van der Waals surface area contributed by atoms with E-state index in [9.17, 15) is 10.2 Å². The highest BCUT2D eigenvalue weighted by Gasteiger charge is 2.59. The second kappa shape index (κ2) is 4.12. The summed E-state index contributed by atoms with van der Waals surface area (Å²) in [6.07, 6.45) is 3.17. The zero-order chi connectivity index (χ0) is 12.5. The van der Waals surface area contributed by atoms with Gasteiger partial charge in [0, 0.05) is 0 Å². The molecule has 1 spiro atoms. The topological polar surface area (TPSA) is 77.4 Å². The van der Waals surface area contributed by atoms with Crippen molar-refractivity contribution in [2.45, 2.75) is 19.8 Å². The Balaban J connectivity index is 2.16. The summed E-state index contributed by atoms with van der Waals surface area (Å²) in [5.74, 6) is -1.92. The van der Waals surface area contributed by atoms with Crippen molar-refractivity contribution in [1.82, 2.24) is 0 Å². The third-order valence-electron chi connectivity index (χ3n) is 2.88. The molecule has 6 heteroatoms. The molecule has 0 aromatic carbocycles. The number of aliphatic hydroxyl groups is 2. The number of hydrogen-bond acceptors (Lipinski definition) is 6. The van der Waals surface area contributed by atoms with Gasteiger partial charge in [0.15, 0.2) is 5.41 Å². The first-order chi connectivity index (χ1) is 8.03. The lowest BCUT2D eigenvalue weighted by Crippen LogP contribution is -2.62. The van der Waals surface area contributed by atoms with Crippen LogP contribution in [0.5, 0.6) is 0 Å².